The van der Waals surface area contributed by atoms with Gasteiger partial charge < -0.3 is 20.5 Å². The van der Waals surface area contributed by atoms with Crippen LogP contribution in [0.15, 0.2) is 18.2 Å². The lowest BCUT2D eigenvalue weighted by molar-refractivity contribution is 0.0559. The first-order valence-electron chi connectivity index (χ1n) is 6.88. The number of nitrogens with zero attached hydrogens (tertiary/aromatic N) is 1. The van der Waals surface area contributed by atoms with Crippen LogP contribution in [0.4, 0.5) is 5.69 Å². The Morgan fingerprint density at radius 3 is 2.63 bits per heavy atom. The predicted octanol–water partition coefficient (Wildman–Crippen LogP) is 1.90. The quantitative estimate of drug-likeness (QED) is 0.852. The van der Waals surface area contributed by atoms with Crippen molar-refractivity contribution in [2.24, 2.45) is 5.73 Å². The van der Waals surface area contributed by atoms with E-state index in [1.807, 2.05) is 25.2 Å². The lowest BCUT2D eigenvalue weighted by Crippen LogP contribution is -2.39. The maximum absolute atomic E-state index is 10.5. The molecule has 0 spiro atoms. The predicted molar refractivity (Wildman–Crippen MR) is 77.6 cm³/mol. The van der Waals surface area contributed by atoms with Crippen molar-refractivity contribution in [1.82, 2.24) is 0 Å². The summed E-state index contributed by atoms with van der Waals surface area (Å²) in [5.41, 5.74) is 7.36. The Bertz CT molecular complexity index is 428. The Kier molecular flexibility index (Phi) is 4.32. The van der Waals surface area contributed by atoms with Gasteiger partial charge in [0.05, 0.1) is 12.7 Å². The average molecular weight is 264 g/mol. The zero-order chi connectivity index (χ0) is 13.9. The Morgan fingerprint density at radius 2 is 2.05 bits per heavy atom. The van der Waals surface area contributed by atoms with Gasteiger partial charge in [-0.25, -0.2) is 0 Å². The smallest absolute Gasteiger partial charge is 0.120 e. The van der Waals surface area contributed by atoms with E-state index in [0.29, 0.717) is 13.1 Å². The van der Waals surface area contributed by atoms with Gasteiger partial charge in [0.2, 0.25) is 0 Å². The number of benzene rings is 1. The summed E-state index contributed by atoms with van der Waals surface area (Å²) >= 11 is 0. The van der Waals surface area contributed by atoms with Crippen LogP contribution in [0.1, 0.15) is 31.2 Å². The van der Waals surface area contributed by atoms with Crippen molar-refractivity contribution in [3.8, 4) is 5.75 Å². The van der Waals surface area contributed by atoms with Crippen LogP contribution in [0.2, 0.25) is 0 Å². The summed E-state index contributed by atoms with van der Waals surface area (Å²) in [6, 6.07) is 5.90. The van der Waals surface area contributed by atoms with Gasteiger partial charge >= 0.3 is 0 Å². The molecule has 0 radical (unpaired) electrons. The van der Waals surface area contributed by atoms with Crippen LogP contribution in [0.25, 0.3) is 0 Å². The minimum Gasteiger partial charge on any atom is -0.497 e. The molecule has 19 heavy (non-hydrogen) atoms. The minimum absolute atomic E-state index is 0.488. The number of nitrogens with two attached hydrogens (primary N) is 1. The van der Waals surface area contributed by atoms with Crippen molar-refractivity contribution < 1.29 is 9.84 Å². The van der Waals surface area contributed by atoms with E-state index in [4.69, 9.17) is 10.5 Å². The average Bonchev–Trinajstić information content (AvgIpc) is 2.84. The molecule has 1 aromatic carbocycles. The summed E-state index contributed by atoms with van der Waals surface area (Å²) in [6.45, 7) is 1.13. The minimum atomic E-state index is -0.552. The number of hydrogen-bond acceptors (Lipinski definition) is 4. The normalized spacial score (nSPS) is 17.5. The van der Waals surface area contributed by atoms with Crippen molar-refractivity contribution in [3.05, 3.63) is 23.8 Å². The van der Waals surface area contributed by atoms with Gasteiger partial charge in [0, 0.05) is 31.9 Å². The second kappa shape index (κ2) is 5.80. The van der Waals surface area contributed by atoms with Gasteiger partial charge in [-0.05, 0) is 24.5 Å². The van der Waals surface area contributed by atoms with E-state index in [0.717, 1.165) is 42.7 Å². The highest BCUT2D eigenvalue weighted by Gasteiger charge is 2.32. The lowest BCUT2D eigenvalue weighted by atomic mass is 10.0. The fraction of sp³-hybridized carbons (Fsp3) is 0.600. The van der Waals surface area contributed by atoms with Gasteiger partial charge in [0.25, 0.3) is 0 Å². The molecule has 0 aromatic heterocycles. The van der Waals surface area contributed by atoms with Crippen LogP contribution in [0, 0.1) is 0 Å². The Balaban J connectivity index is 2.19. The summed E-state index contributed by atoms with van der Waals surface area (Å²) in [5, 5.41) is 10.5. The number of methoxy groups -OCH3 is 1. The van der Waals surface area contributed by atoms with Gasteiger partial charge in [-0.3, -0.25) is 0 Å². The molecule has 1 fully saturated rings. The molecule has 1 aromatic rings. The van der Waals surface area contributed by atoms with Crippen LogP contribution in [-0.2, 0) is 6.54 Å². The van der Waals surface area contributed by atoms with E-state index in [1.54, 1.807) is 7.11 Å². The van der Waals surface area contributed by atoms with Crippen LogP contribution < -0.4 is 15.4 Å². The zero-order valence-corrected chi connectivity index (χ0v) is 11.9. The van der Waals surface area contributed by atoms with Gasteiger partial charge in [0.15, 0.2) is 0 Å². The molecule has 2 rings (SSSR count). The molecule has 1 aliphatic carbocycles. The van der Waals surface area contributed by atoms with Crippen molar-refractivity contribution >= 4 is 5.69 Å². The summed E-state index contributed by atoms with van der Waals surface area (Å²) in [4.78, 5) is 2.09. The first-order chi connectivity index (χ1) is 9.08. The van der Waals surface area contributed by atoms with Gasteiger partial charge in [-0.15, -0.1) is 0 Å². The number of aliphatic hydroxyl groups is 1. The molecule has 106 valence electrons. The second-order valence-corrected chi connectivity index (χ2v) is 5.49. The van der Waals surface area contributed by atoms with Crippen molar-refractivity contribution in [1.29, 1.82) is 0 Å². The molecule has 0 unspecified atom stereocenters. The molecule has 0 aliphatic heterocycles. The molecule has 4 nitrogen and oxygen atoms in total. The van der Waals surface area contributed by atoms with E-state index < -0.39 is 5.60 Å². The summed E-state index contributed by atoms with van der Waals surface area (Å²) in [5.74, 6) is 0.817. The standard InChI is InChI=1S/C15H24N2O2/c1-17(11-15(18)7-3-4-8-15)14-9-13(19-2)6-5-12(14)10-16/h5-6,9,18H,3-4,7-8,10-11,16H2,1-2H3. The third-order valence-electron chi connectivity index (χ3n) is 3.99. The van der Waals surface area contributed by atoms with Crippen LogP contribution in [-0.4, -0.2) is 31.4 Å². The van der Waals surface area contributed by atoms with E-state index in [2.05, 4.69) is 4.90 Å². The molecule has 3 N–H and O–H groups in total. The topological polar surface area (TPSA) is 58.7 Å². The first-order valence-corrected chi connectivity index (χ1v) is 6.88. The van der Waals surface area contributed by atoms with Crippen molar-refractivity contribution in [2.45, 2.75) is 37.8 Å². The fourth-order valence-electron chi connectivity index (χ4n) is 2.92. The molecule has 1 aliphatic rings. The molecular weight excluding hydrogens is 240 g/mol. The number of hydrogen-bond donors (Lipinski definition) is 2. The fourth-order valence-corrected chi connectivity index (χ4v) is 2.92. The maximum Gasteiger partial charge on any atom is 0.120 e. The van der Waals surface area contributed by atoms with Crippen LogP contribution in [0.3, 0.4) is 0 Å². The molecule has 4 heteroatoms. The summed E-state index contributed by atoms with van der Waals surface area (Å²) in [7, 11) is 3.66. The molecule has 0 amide bonds. The number of anilines is 1. The van der Waals surface area contributed by atoms with Gasteiger partial charge in [0.1, 0.15) is 5.75 Å². The maximum atomic E-state index is 10.5. The number of likely N-dealkylation sites (N-methyl/N-ethyl adjacent to an activating group) is 1. The lowest BCUT2D eigenvalue weighted by Gasteiger charge is -2.31. The zero-order valence-electron chi connectivity index (χ0n) is 11.9. The number of rotatable bonds is 5. The molecule has 1 saturated carbocycles. The number of ether oxygens (including phenoxy) is 1. The highest BCUT2D eigenvalue weighted by Crippen LogP contribution is 2.33. The second-order valence-electron chi connectivity index (χ2n) is 5.49. The highest BCUT2D eigenvalue weighted by atomic mass is 16.5. The first kappa shape index (κ1) is 14.2. The molecule has 0 saturated heterocycles. The van der Waals surface area contributed by atoms with E-state index >= 15 is 0 Å². The van der Waals surface area contributed by atoms with Crippen molar-refractivity contribution in [3.63, 3.8) is 0 Å². The Morgan fingerprint density at radius 1 is 1.37 bits per heavy atom. The SMILES string of the molecule is COc1ccc(CN)c(N(C)CC2(O)CCCC2)c1. The van der Waals surface area contributed by atoms with E-state index in [-0.39, 0.29) is 0 Å². The van der Waals surface area contributed by atoms with Gasteiger partial charge in [-0.2, -0.15) is 0 Å². The third kappa shape index (κ3) is 3.19. The Hall–Kier alpha value is -1.26. The van der Waals surface area contributed by atoms with E-state index in [1.165, 1.54) is 0 Å². The van der Waals surface area contributed by atoms with Crippen LogP contribution in [0.5, 0.6) is 5.75 Å². The summed E-state index contributed by atoms with van der Waals surface area (Å²) < 4.78 is 5.27. The molecule has 0 bridgehead atoms. The van der Waals surface area contributed by atoms with Gasteiger partial charge in [-0.1, -0.05) is 18.9 Å². The highest BCUT2D eigenvalue weighted by molar-refractivity contribution is 5.57. The monoisotopic (exact) mass is 264 g/mol. The van der Waals surface area contributed by atoms with Crippen LogP contribution >= 0.6 is 0 Å². The third-order valence-corrected chi connectivity index (χ3v) is 3.99. The molecular formula is C15H24N2O2. The summed E-state index contributed by atoms with van der Waals surface area (Å²) in [6.07, 6.45) is 4.01. The van der Waals surface area contributed by atoms with E-state index in [9.17, 15) is 5.11 Å². The molecule has 0 heterocycles. The van der Waals surface area contributed by atoms with Crippen molar-refractivity contribution in [2.75, 3.05) is 25.6 Å². The molecule has 0 atom stereocenters. The Labute approximate surface area is 115 Å². The largest absolute Gasteiger partial charge is 0.497 e.